The van der Waals surface area contributed by atoms with Gasteiger partial charge in [-0.25, -0.2) is 15.0 Å². The first-order chi connectivity index (χ1) is 16.9. The zero-order chi connectivity index (χ0) is 24.4. The highest BCUT2D eigenvalue weighted by Crippen LogP contribution is 2.31. The Balaban J connectivity index is 1.28. The van der Waals surface area contributed by atoms with Gasteiger partial charge < -0.3 is 5.32 Å². The number of nitrogens with zero attached hydrogens (tertiary/aromatic N) is 3. The third-order valence-electron chi connectivity index (χ3n) is 5.32. The Kier molecular flexibility index (Phi) is 6.81. The van der Waals surface area contributed by atoms with Gasteiger partial charge in [0.25, 0.3) is 5.91 Å². The molecule has 0 saturated carbocycles. The lowest BCUT2D eigenvalue weighted by Gasteiger charge is -2.08. The number of aryl methyl sites for hydroxylation is 2. The van der Waals surface area contributed by atoms with E-state index in [9.17, 15) is 4.79 Å². The topological polar surface area (TPSA) is 67.8 Å². The summed E-state index contributed by atoms with van der Waals surface area (Å²) in [6.45, 7) is 4.13. The number of carbonyl (C=O) groups excluding carboxylic acids is 1. The van der Waals surface area contributed by atoms with Crippen LogP contribution in [-0.2, 0) is 5.75 Å². The molecule has 0 bridgehead atoms. The number of hydrogen-bond acceptors (Lipinski definition) is 6. The highest BCUT2D eigenvalue weighted by Gasteiger charge is 2.15. The summed E-state index contributed by atoms with van der Waals surface area (Å²) < 4.78 is 1.16. The van der Waals surface area contributed by atoms with E-state index in [0.717, 1.165) is 20.8 Å². The number of rotatable bonds is 6. The van der Waals surface area contributed by atoms with Crippen LogP contribution in [0.25, 0.3) is 20.8 Å². The van der Waals surface area contributed by atoms with Gasteiger partial charge in [0, 0.05) is 17.0 Å². The Morgan fingerprint density at radius 2 is 1.80 bits per heavy atom. The van der Waals surface area contributed by atoms with Gasteiger partial charge in [-0.1, -0.05) is 59.3 Å². The van der Waals surface area contributed by atoms with Crippen molar-refractivity contribution < 1.29 is 4.79 Å². The van der Waals surface area contributed by atoms with Crippen LogP contribution in [-0.4, -0.2) is 20.9 Å². The molecule has 0 unspecified atom stereocenters. The minimum atomic E-state index is -0.377. The van der Waals surface area contributed by atoms with Gasteiger partial charge in [-0.15, -0.1) is 11.3 Å². The van der Waals surface area contributed by atoms with Crippen LogP contribution in [0.15, 0.2) is 78.1 Å². The molecule has 2 aromatic heterocycles. The van der Waals surface area contributed by atoms with Gasteiger partial charge in [-0.2, -0.15) is 0 Å². The van der Waals surface area contributed by atoms with Gasteiger partial charge in [0.15, 0.2) is 10.9 Å². The first-order valence-corrected chi connectivity index (χ1v) is 13.1. The summed E-state index contributed by atoms with van der Waals surface area (Å²) in [5.41, 5.74) is 6.37. The maximum atomic E-state index is 12.9. The fraction of sp³-hybridized carbons (Fsp3) is 0.111. The van der Waals surface area contributed by atoms with E-state index >= 15 is 0 Å². The number of anilines is 1. The highest BCUT2D eigenvalue weighted by molar-refractivity contribution is 7.98. The van der Waals surface area contributed by atoms with Crippen molar-refractivity contribution in [1.82, 2.24) is 15.0 Å². The minimum Gasteiger partial charge on any atom is -0.321 e. The van der Waals surface area contributed by atoms with E-state index in [1.807, 2.05) is 36.4 Å². The molecule has 1 amide bonds. The predicted molar refractivity (Wildman–Crippen MR) is 146 cm³/mol. The fourth-order valence-electron chi connectivity index (χ4n) is 3.57. The molecule has 174 valence electrons. The number of amides is 1. The number of thioether (sulfide) groups is 1. The molecule has 0 atom stereocenters. The molecule has 2 heterocycles. The molecule has 0 aliphatic heterocycles. The van der Waals surface area contributed by atoms with Gasteiger partial charge in [-0.3, -0.25) is 4.79 Å². The summed E-state index contributed by atoms with van der Waals surface area (Å²) >= 11 is 9.37. The van der Waals surface area contributed by atoms with Crippen LogP contribution >= 0.6 is 34.7 Å². The third kappa shape index (κ3) is 5.53. The monoisotopic (exact) mass is 516 g/mol. The van der Waals surface area contributed by atoms with E-state index in [2.05, 4.69) is 59.5 Å². The molecular weight excluding hydrogens is 496 g/mol. The lowest BCUT2D eigenvalue weighted by Crippen LogP contribution is -2.15. The number of benzene rings is 3. The van der Waals surface area contributed by atoms with Crippen molar-refractivity contribution in [3.63, 3.8) is 0 Å². The molecule has 5 rings (SSSR count). The molecular formula is C27H21ClN4OS2. The molecule has 3 aromatic carbocycles. The van der Waals surface area contributed by atoms with Crippen molar-refractivity contribution in [3.8, 4) is 10.6 Å². The van der Waals surface area contributed by atoms with E-state index in [4.69, 9.17) is 16.6 Å². The predicted octanol–water partition coefficient (Wildman–Crippen LogP) is 7.57. The zero-order valence-electron chi connectivity index (χ0n) is 19.1. The molecule has 0 fully saturated rings. The Labute approximate surface area is 216 Å². The van der Waals surface area contributed by atoms with Crippen molar-refractivity contribution in [2.45, 2.75) is 24.8 Å². The summed E-state index contributed by atoms with van der Waals surface area (Å²) in [6, 6.07) is 22.1. The minimum absolute atomic E-state index is 0.152. The number of carbonyl (C=O) groups is 1. The molecule has 8 heteroatoms. The van der Waals surface area contributed by atoms with Crippen LogP contribution in [0.3, 0.4) is 0 Å². The number of aromatic nitrogens is 3. The molecule has 0 saturated heterocycles. The lowest BCUT2D eigenvalue weighted by molar-refractivity contribution is 0.102. The van der Waals surface area contributed by atoms with E-state index in [-0.39, 0.29) is 16.6 Å². The molecule has 0 spiro atoms. The van der Waals surface area contributed by atoms with Gasteiger partial charge in [0.05, 0.1) is 21.4 Å². The number of halogens is 1. The van der Waals surface area contributed by atoms with Crippen molar-refractivity contribution in [3.05, 3.63) is 100 Å². The summed E-state index contributed by atoms with van der Waals surface area (Å²) in [7, 11) is 0. The second-order valence-corrected chi connectivity index (χ2v) is 10.5. The van der Waals surface area contributed by atoms with Crippen molar-refractivity contribution in [2.75, 3.05) is 5.32 Å². The average molecular weight is 517 g/mol. The van der Waals surface area contributed by atoms with Crippen LogP contribution in [0, 0.1) is 13.8 Å². The Morgan fingerprint density at radius 1 is 1.00 bits per heavy atom. The molecule has 0 aliphatic carbocycles. The second-order valence-electron chi connectivity index (χ2n) is 8.15. The fourth-order valence-corrected chi connectivity index (χ4v) is 5.58. The summed E-state index contributed by atoms with van der Waals surface area (Å²) in [5, 5.41) is 4.54. The maximum Gasteiger partial charge on any atom is 0.275 e. The molecule has 5 aromatic rings. The van der Waals surface area contributed by atoms with Gasteiger partial charge in [-0.05, 0) is 61.4 Å². The molecule has 1 N–H and O–H groups in total. The summed E-state index contributed by atoms with van der Waals surface area (Å²) in [6.07, 6.45) is 1.47. The highest BCUT2D eigenvalue weighted by atomic mass is 35.5. The largest absolute Gasteiger partial charge is 0.321 e. The lowest BCUT2D eigenvalue weighted by atomic mass is 10.2. The van der Waals surface area contributed by atoms with Crippen LogP contribution in [0.4, 0.5) is 5.69 Å². The quantitative estimate of drug-likeness (QED) is 0.186. The van der Waals surface area contributed by atoms with Crippen LogP contribution < -0.4 is 5.32 Å². The van der Waals surface area contributed by atoms with E-state index in [0.29, 0.717) is 16.6 Å². The van der Waals surface area contributed by atoms with Crippen molar-refractivity contribution in [1.29, 1.82) is 0 Å². The smallest absolute Gasteiger partial charge is 0.275 e. The van der Waals surface area contributed by atoms with Crippen molar-refractivity contribution >= 4 is 56.5 Å². The molecule has 0 radical (unpaired) electrons. The first kappa shape index (κ1) is 23.5. The second kappa shape index (κ2) is 10.2. The van der Waals surface area contributed by atoms with Gasteiger partial charge in [0.1, 0.15) is 5.01 Å². The van der Waals surface area contributed by atoms with Crippen LogP contribution in [0.2, 0.25) is 5.02 Å². The SMILES string of the molecule is Cc1cccc(CSc2ncc(Cl)c(C(=O)Nc3ccc(-c4nc5ccc(C)cc5s4)cc3)n2)c1. The number of nitrogens with one attached hydrogen (secondary N) is 1. The van der Waals surface area contributed by atoms with E-state index in [1.165, 1.54) is 34.6 Å². The zero-order valence-corrected chi connectivity index (χ0v) is 21.5. The van der Waals surface area contributed by atoms with E-state index in [1.54, 1.807) is 11.3 Å². The van der Waals surface area contributed by atoms with Gasteiger partial charge >= 0.3 is 0 Å². The summed E-state index contributed by atoms with van der Waals surface area (Å²) in [4.78, 5) is 26.3. The standard InChI is InChI=1S/C27H21ClN4OS2/c1-16-4-3-5-18(12-16)15-34-27-29-14-21(28)24(32-27)25(33)30-20-9-7-19(8-10-20)26-31-22-11-6-17(2)13-23(22)35-26/h3-14H,15H2,1-2H3,(H,30,33). The Hall–Kier alpha value is -3.26. The van der Waals surface area contributed by atoms with Gasteiger partial charge in [0.2, 0.25) is 0 Å². The first-order valence-electron chi connectivity index (χ1n) is 10.9. The maximum absolute atomic E-state index is 12.9. The molecule has 35 heavy (non-hydrogen) atoms. The van der Waals surface area contributed by atoms with Crippen molar-refractivity contribution in [2.24, 2.45) is 0 Å². The molecule has 0 aliphatic rings. The Morgan fingerprint density at radius 3 is 2.60 bits per heavy atom. The third-order valence-corrected chi connectivity index (χ3v) is 7.60. The van der Waals surface area contributed by atoms with Crippen LogP contribution in [0.1, 0.15) is 27.2 Å². The normalized spacial score (nSPS) is 11.1. The average Bonchev–Trinajstić information content (AvgIpc) is 3.27. The Bertz CT molecular complexity index is 1530. The number of thiazole rings is 1. The number of fused-ring (bicyclic) bond motifs is 1. The number of hydrogen-bond donors (Lipinski definition) is 1. The van der Waals surface area contributed by atoms with Crippen LogP contribution in [0.5, 0.6) is 0 Å². The van der Waals surface area contributed by atoms with E-state index < -0.39 is 0 Å². The molecule has 5 nitrogen and oxygen atoms in total. The summed E-state index contributed by atoms with van der Waals surface area (Å²) in [5.74, 6) is 0.329.